The molecule has 1 aliphatic rings. The molecule has 1 heterocycles. The van der Waals surface area contributed by atoms with E-state index in [0.717, 1.165) is 22.4 Å². The zero-order valence-corrected chi connectivity index (χ0v) is 8.13. The van der Waals surface area contributed by atoms with Crippen LogP contribution in [-0.4, -0.2) is 17.6 Å². The maximum absolute atomic E-state index is 11.2. The van der Waals surface area contributed by atoms with E-state index in [1.807, 2.05) is 19.1 Å². The molecule has 1 aromatic rings. The fourth-order valence-corrected chi connectivity index (χ4v) is 1.90. The van der Waals surface area contributed by atoms with Crippen LogP contribution in [0.1, 0.15) is 16.7 Å². The van der Waals surface area contributed by atoms with Gasteiger partial charge in [0.15, 0.2) is 0 Å². The number of nitrogens with one attached hydrogen (secondary N) is 1. The largest absolute Gasteiger partial charge is 0.396 e. The predicted molar refractivity (Wildman–Crippen MR) is 54.3 cm³/mol. The lowest BCUT2D eigenvalue weighted by molar-refractivity contribution is -0.115. The molecule has 3 heteroatoms. The lowest BCUT2D eigenvalue weighted by atomic mass is 9.98. The van der Waals surface area contributed by atoms with Crippen molar-refractivity contribution in [2.45, 2.75) is 19.8 Å². The average molecular weight is 191 g/mol. The van der Waals surface area contributed by atoms with Crippen molar-refractivity contribution in [3.05, 3.63) is 28.8 Å². The van der Waals surface area contributed by atoms with Gasteiger partial charge in [-0.15, -0.1) is 0 Å². The monoisotopic (exact) mass is 191 g/mol. The summed E-state index contributed by atoms with van der Waals surface area (Å²) < 4.78 is 0. The Morgan fingerprint density at radius 3 is 3.00 bits per heavy atom. The zero-order chi connectivity index (χ0) is 10.1. The van der Waals surface area contributed by atoms with Crippen LogP contribution in [0, 0.1) is 6.92 Å². The molecular weight excluding hydrogens is 178 g/mol. The van der Waals surface area contributed by atoms with Gasteiger partial charge in [-0.05, 0) is 36.1 Å². The first-order valence-corrected chi connectivity index (χ1v) is 4.74. The molecule has 0 radical (unpaired) electrons. The Balaban J connectivity index is 2.42. The number of hydrogen-bond acceptors (Lipinski definition) is 2. The predicted octanol–water partition coefficient (Wildman–Crippen LogP) is 1.02. The van der Waals surface area contributed by atoms with Crippen molar-refractivity contribution in [3.8, 4) is 0 Å². The minimum atomic E-state index is 0.0595. The van der Waals surface area contributed by atoms with E-state index in [0.29, 0.717) is 12.8 Å². The smallest absolute Gasteiger partial charge is 0.228 e. The number of benzene rings is 1. The highest BCUT2D eigenvalue weighted by atomic mass is 16.2. The molecule has 14 heavy (non-hydrogen) atoms. The van der Waals surface area contributed by atoms with Crippen molar-refractivity contribution in [1.29, 1.82) is 0 Å². The van der Waals surface area contributed by atoms with Crippen molar-refractivity contribution in [2.75, 3.05) is 11.9 Å². The second kappa shape index (κ2) is 3.42. The number of carbonyl (C=O) groups is 1. The van der Waals surface area contributed by atoms with E-state index in [2.05, 4.69) is 5.32 Å². The molecule has 0 saturated carbocycles. The van der Waals surface area contributed by atoms with Gasteiger partial charge < -0.3 is 10.4 Å². The number of hydrogen-bond donors (Lipinski definition) is 2. The van der Waals surface area contributed by atoms with Gasteiger partial charge in [0.2, 0.25) is 5.91 Å². The molecule has 0 aromatic heterocycles. The summed E-state index contributed by atoms with van der Waals surface area (Å²) in [6, 6.07) is 3.88. The van der Waals surface area contributed by atoms with E-state index >= 15 is 0 Å². The quantitative estimate of drug-likeness (QED) is 0.733. The van der Waals surface area contributed by atoms with Crippen LogP contribution in [0.25, 0.3) is 0 Å². The van der Waals surface area contributed by atoms with Gasteiger partial charge in [0, 0.05) is 12.3 Å². The highest BCUT2D eigenvalue weighted by molar-refractivity contribution is 5.99. The standard InChI is InChI=1S/C11H13NO2/c1-7-8(4-5-13)2-3-10-9(7)6-11(14)12-10/h2-3,13H,4-6H2,1H3,(H,12,14). The number of amides is 1. The lowest BCUT2D eigenvalue weighted by Gasteiger charge is -2.08. The Kier molecular flexibility index (Phi) is 2.25. The third-order valence-electron chi connectivity index (χ3n) is 2.70. The maximum Gasteiger partial charge on any atom is 0.228 e. The van der Waals surface area contributed by atoms with Gasteiger partial charge in [-0.25, -0.2) is 0 Å². The number of aliphatic hydroxyl groups excluding tert-OH is 1. The van der Waals surface area contributed by atoms with E-state index in [-0.39, 0.29) is 12.5 Å². The van der Waals surface area contributed by atoms with Crippen molar-refractivity contribution in [2.24, 2.45) is 0 Å². The van der Waals surface area contributed by atoms with Crippen molar-refractivity contribution < 1.29 is 9.90 Å². The molecule has 0 atom stereocenters. The molecule has 2 rings (SSSR count). The first-order chi connectivity index (χ1) is 6.72. The molecule has 74 valence electrons. The fourth-order valence-electron chi connectivity index (χ4n) is 1.90. The van der Waals surface area contributed by atoms with E-state index < -0.39 is 0 Å². The highest BCUT2D eigenvalue weighted by Gasteiger charge is 2.20. The molecule has 0 saturated heterocycles. The topological polar surface area (TPSA) is 49.3 Å². The Bertz CT molecular complexity index is 385. The molecule has 2 N–H and O–H groups in total. The van der Waals surface area contributed by atoms with Crippen LogP contribution in [-0.2, 0) is 17.6 Å². The van der Waals surface area contributed by atoms with Crippen molar-refractivity contribution >= 4 is 11.6 Å². The van der Waals surface area contributed by atoms with Crippen LogP contribution in [0.2, 0.25) is 0 Å². The van der Waals surface area contributed by atoms with Crippen molar-refractivity contribution in [3.63, 3.8) is 0 Å². The normalized spacial score (nSPS) is 14.0. The lowest BCUT2D eigenvalue weighted by Crippen LogP contribution is -2.03. The van der Waals surface area contributed by atoms with E-state index in [1.165, 1.54) is 0 Å². The Morgan fingerprint density at radius 2 is 2.29 bits per heavy atom. The molecule has 0 bridgehead atoms. The molecule has 1 aliphatic heterocycles. The first kappa shape index (κ1) is 9.21. The van der Waals surface area contributed by atoms with Gasteiger partial charge in [-0.2, -0.15) is 0 Å². The molecule has 1 amide bonds. The van der Waals surface area contributed by atoms with Gasteiger partial charge in [0.1, 0.15) is 0 Å². The molecule has 1 aromatic carbocycles. The fraction of sp³-hybridized carbons (Fsp3) is 0.364. The molecule has 0 aliphatic carbocycles. The maximum atomic E-state index is 11.2. The van der Waals surface area contributed by atoms with Crippen LogP contribution >= 0.6 is 0 Å². The summed E-state index contributed by atoms with van der Waals surface area (Å²) in [5.41, 5.74) is 4.27. The van der Waals surface area contributed by atoms with Crippen LogP contribution in [0.15, 0.2) is 12.1 Å². The van der Waals surface area contributed by atoms with E-state index in [1.54, 1.807) is 0 Å². The van der Waals surface area contributed by atoms with Crippen LogP contribution in [0.5, 0.6) is 0 Å². The third-order valence-corrected chi connectivity index (χ3v) is 2.70. The minimum absolute atomic E-state index is 0.0595. The summed E-state index contributed by atoms with van der Waals surface area (Å²) in [5.74, 6) is 0.0595. The third kappa shape index (κ3) is 1.40. The molecular formula is C11H13NO2. The highest BCUT2D eigenvalue weighted by Crippen LogP contribution is 2.28. The number of fused-ring (bicyclic) bond motifs is 1. The summed E-state index contributed by atoms with van der Waals surface area (Å²) >= 11 is 0. The number of carbonyl (C=O) groups excluding carboxylic acids is 1. The Morgan fingerprint density at radius 1 is 1.50 bits per heavy atom. The number of anilines is 1. The van der Waals surface area contributed by atoms with Gasteiger partial charge in [0.25, 0.3) is 0 Å². The minimum Gasteiger partial charge on any atom is -0.396 e. The van der Waals surface area contributed by atoms with Crippen molar-refractivity contribution in [1.82, 2.24) is 0 Å². The van der Waals surface area contributed by atoms with Gasteiger partial charge in [0.05, 0.1) is 6.42 Å². The summed E-state index contributed by atoms with van der Waals surface area (Å²) in [7, 11) is 0. The molecule has 3 nitrogen and oxygen atoms in total. The summed E-state index contributed by atoms with van der Waals surface area (Å²) in [6.07, 6.45) is 1.13. The van der Waals surface area contributed by atoms with E-state index in [9.17, 15) is 4.79 Å². The van der Waals surface area contributed by atoms with Gasteiger partial charge in [-0.3, -0.25) is 4.79 Å². The molecule has 0 spiro atoms. The second-order valence-electron chi connectivity index (χ2n) is 3.57. The SMILES string of the molecule is Cc1c(CCO)ccc2c1CC(=O)N2. The number of aliphatic hydroxyl groups is 1. The summed E-state index contributed by atoms with van der Waals surface area (Å²) in [5, 5.41) is 11.7. The van der Waals surface area contributed by atoms with Crippen LogP contribution in [0.3, 0.4) is 0 Å². The van der Waals surface area contributed by atoms with Crippen LogP contribution in [0.4, 0.5) is 5.69 Å². The van der Waals surface area contributed by atoms with E-state index in [4.69, 9.17) is 5.11 Å². The van der Waals surface area contributed by atoms with Gasteiger partial charge in [-0.1, -0.05) is 6.07 Å². The molecule has 0 fully saturated rings. The number of rotatable bonds is 2. The zero-order valence-electron chi connectivity index (χ0n) is 8.13. The Labute approximate surface area is 82.8 Å². The Hall–Kier alpha value is -1.35. The molecule has 0 unspecified atom stereocenters. The first-order valence-electron chi connectivity index (χ1n) is 4.74. The van der Waals surface area contributed by atoms with Gasteiger partial charge >= 0.3 is 0 Å². The average Bonchev–Trinajstić information content (AvgIpc) is 2.52. The summed E-state index contributed by atoms with van der Waals surface area (Å²) in [4.78, 5) is 11.2. The van der Waals surface area contributed by atoms with Crippen LogP contribution < -0.4 is 5.32 Å². The second-order valence-corrected chi connectivity index (χ2v) is 3.57. The summed E-state index contributed by atoms with van der Waals surface area (Å²) in [6.45, 7) is 2.16.